The van der Waals surface area contributed by atoms with Crippen LogP contribution in [-0.2, 0) is 14.3 Å². The minimum absolute atomic E-state index is 0.249. The van der Waals surface area contributed by atoms with Gasteiger partial charge in [0.1, 0.15) is 0 Å². The highest BCUT2D eigenvalue weighted by Gasteiger charge is 2.15. The Labute approximate surface area is 128 Å². The van der Waals surface area contributed by atoms with Crippen LogP contribution in [0.1, 0.15) is 56.9 Å². The van der Waals surface area contributed by atoms with E-state index in [1.165, 1.54) is 38.5 Å². The van der Waals surface area contributed by atoms with Crippen molar-refractivity contribution < 1.29 is 12.6 Å². The lowest BCUT2D eigenvalue weighted by Gasteiger charge is -2.08. The summed E-state index contributed by atoms with van der Waals surface area (Å²) in [6, 6.07) is 6.78. The van der Waals surface area contributed by atoms with Crippen molar-refractivity contribution in [2.24, 2.45) is 5.92 Å². The molecule has 0 bridgehead atoms. The Kier molecular flexibility index (Phi) is 6.24. The smallest absolute Gasteiger partial charge is 0.266 e. The quantitative estimate of drug-likeness (QED) is 0.526. The maximum atomic E-state index is 12.0. The Bertz CT molecular complexity index is 513. The van der Waals surface area contributed by atoms with Gasteiger partial charge in [0.25, 0.3) is 10.1 Å². The van der Waals surface area contributed by atoms with Gasteiger partial charge in [-0.3, -0.25) is 4.18 Å². The van der Waals surface area contributed by atoms with Gasteiger partial charge in [-0.25, -0.2) is 0 Å². The Morgan fingerprint density at radius 1 is 1.05 bits per heavy atom. The van der Waals surface area contributed by atoms with Crippen LogP contribution in [0.5, 0.6) is 0 Å². The summed E-state index contributed by atoms with van der Waals surface area (Å²) in [6.45, 7) is 2.22. The van der Waals surface area contributed by atoms with E-state index in [1.54, 1.807) is 24.3 Å². The second-order valence-corrected chi connectivity index (χ2v) is 7.70. The van der Waals surface area contributed by atoms with Gasteiger partial charge in [0.2, 0.25) is 0 Å². The molecular weight excluding hydrogens is 284 g/mol. The van der Waals surface area contributed by atoms with Crippen molar-refractivity contribution in [1.29, 1.82) is 0 Å². The van der Waals surface area contributed by atoms with Crippen molar-refractivity contribution in [3.05, 3.63) is 29.8 Å². The summed E-state index contributed by atoms with van der Waals surface area (Å²) in [5.74, 6) is 0.919. The molecule has 1 aliphatic carbocycles. The van der Waals surface area contributed by atoms with Gasteiger partial charge in [-0.05, 0) is 31.4 Å². The van der Waals surface area contributed by atoms with E-state index in [4.69, 9.17) is 4.18 Å². The number of hydrogen-bond donors (Lipinski definition) is 0. The molecule has 1 aromatic carbocycles. The van der Waals surface area contributed by atoms with Crippen LogP contribution in [0.15, 0.2) is 29.2 Å². The van der Waals surface area contributed by atoms with Crippen LogP contribution in [0.4, 0.5) is 0 Å². The largest absolute Gasteiger partial charge is 0.296 e. The van der Waals surface area contributed by atoms with Crippen LogP contribution >= 0.6 is 0 Å². The molecule has 4 heteroatoms. The highest BCUT2D eigenvalue weighted by atomic mass is 32.2. The SMILES string of the molecule is Cc1ccc(S(=O)(=O)OCCCCCC2CCCC2)cc1. The third-order valence-electron chi connectivity index (χ3n) is 4.28. The van der Waals surface area contributed by atoms with Crippen LogP contribution in [0.25, 0.3) is 0 Å². The lowest BCUT2D eigenvalue weighted by Crippen LogP contribution is -2.07. The average molecular weight is 310 g/mol. The molecule has 1 fully saturated rings. The first-order valence-corrected chi connectivity index (χ1v) is 9.45. The average Bonchev–Trinajstić information content (AvgIpc) is 2.96. The zero-order valence-corrected chi connectivity index (χ0v) is 13.7. The Hall–Kier alpha value is -0.870. The third-order valence-corrected chi connectivity index (χ3v) is 5.61. The number of aryl methyl sites for hydroxylation is 1. The van der Waals surface area contributed by atoms with Gasteiger partial charge in [0.15, 0.2) is 0 Å². The van der Waals surface area contributed by atoms with Crippen molar-refractivity contribution in [3.63, 3.8) is 0 Å². The van der Waals surface area contributed by atoms with E-state index in [9.17, 15) is 8.42 Å². The van der Waals surface area contributed by atoms with E-state index in [0.29, 0.717) is 6.61 Å². The molecule has 0 amide bonds. The monoisotopic (exact) mass is 310 g/mol. The predicted octanol–water partition coefficient (Wildman–Crippen LogP) is 4.45. The summed E-state index contributed by atoms with van der Waals surface area (Å²) in [7, 11) is -3.58. The molecule has 0 heterocycles. The van der Waals surface area contributed by atoms with Crippen molar-refractivity contribution in [1.82, 2.24) is 0 Å². The lowest BCUT2D eigenvalue weighted by atomic mass is 10.0. The minimum Gasteiger partial charge on any atom is -0.266 e. The second-order valence-electron chi connectivity index (χ2n) is 6.09. The molecule has 0 N–H and O–H groups in total. The van der Waals surface area contributed by atoms with Gasteiger partial charge >= 0.3 is 0 Å². The van der Waals surface area contributed by atoms with Crippen LogP contribution in [-0.4, -0.2) is 15.0 Å². The van der Waals surface area contributed by atoms with Crippen LogP contribution < -0.4 is 0 Å². The zero-order chi connectivity index (χ0) is 15.1. The van der Waals surface area contributed by atoms with E-state index < -0.39 is 10.1 Å². The van der Waals surface area contributed by atoms with Gasteiger partial charge < -0.3 is 0 Å². The Balaban J connectivity index is 1.64. The topological polar surface area (TPSA) is 43.4 Å². The van der Waals surface area contributed by atoms with Crippen LogP contribution in [0.3, 0.4) is 0 Å². The molecule has 0 aromatic heterocycles. The van der Waals surface area contributed by atoms with E-state index in [1.807, 2.05) is 6.92 Å². The molecule has 0 aliphatic heterocycles. The fraction of sp³-hybridized carbons (Fsp3) is 0.647. The van der Waals surface area contributed by atoms with Crippen LogP contribution in [0.2, 0.25) is 0 Å². The summed E-state index contributed by atoms with van der Waals surface area (Å²) in [5, 5.41) is 0. The number of benzene rings is 1. The maximum Gasteiger partial charge on any atom is 0.296 e. The summed E-state index contributed by atoms with van der Waals surface area (Å²) in [4.78, 5) is 0.249. The van der Waals surface area contributed by atoms with E-state index >= 15 is 0 Å². The number of unbranched alkanes of at least 4 members (excludes halogenated alkanes) is 2. The van der Waals surface area contributed by atoms with Gasteiger partial charge in [-0.1, -0.05) is 62.6 Å². The minimum atomic E-state index is -3.58. The molecule has 2 rings (SSSR count). The first-order valence-electron chi connectivity index (χ1n) is 8.04. The molecule has 1 saturated carbocycles. The normalized spacial score (nSPS) is 16.4. The van der Waals surface area contributed by atoms with E-state index in [2.05, 4.69) is 0 Å². The predicted molar refractivity (Wildman–Crippen MR) is 84.7 cm³/mol. The standard InChI is InChI=1S/C17H26O3S/c1-15-10-12-17(13-11-15)21(18,19)20-14-6-2-3-7-16-8-4-5-9-16/h10-13,16H,2-9,14H2,1H3. The molecule has 118 valence electrons. The molecule has 0 spiro atoms. The van der Waals surface area contributed by atoms with Gasteiger partial charge in [-0.2, -0.15) is 8.42 Å². The van der Waals surface area contributed by atoms with Gasteiger partial charge in [0.05, 0.1) is 11.5 Å². The molecular formula is C17H26O3S. The van der Waals surface area contributed by atoms with Crippen molar-refractivity contribution in [2.45, 2.75) is 63.2 Å². The molecule has 21 heavy (non-hydrogen) atoms. The fourth-order valence-corrected chi connectivity index (χ4v) is 3.90. The van der Waals surface area contributed by atoms with Gasteiger partial charge in [0, 0.05) is 0 Å². The van der Waals surface area contributed by atoms with Crippen molar-refractivity contribution in [2.75, 3.05) is 6.61 Å². The van der Waals surface area contributed by atoms with E-state index in [0.717, 1.165) is 24.3 Å². The molecule has 0 saturated heterocycles. The number of hydrogen-bond acceptors (Lipinski definition) is 3. The molecule has 0 radical (unpaired) electrons. The summed E-state index contributed by atoms with van der Waals surface area (Å²) >= 11 is 0. The number of rotatable bonds is 8. The summed E-state index contributed by atoms with van der Waals surface area (Å²) in [5.41, 5.74) is 1.04. The van der Waals surface area contributed by atoms with Crippen LogP contribution in [0, 0.1) is 12.8 Å². The molecule has 1 aliphatic rings. The van der Waals surface area contributed by atoms with E-state index in [-0.39, 0.29) is 4.90 Å². The molecule has 1 aromatic rings. The zero-order valence-electron chi connectivity index (χ0n) is 12.9. The van der Waals surface area contributed by atoms with Crippen molar-refractivity contribution in [3.8, 4) is 0 Å². The second kappa shape index (κ2) is 7.95. The third kappa shape index (κ3) is 5.44. The first-order chi connectivity index (χ1) is 10.1. The molecule has 0 unspecified atom stereocenters. The Morgan fingerprint density at radius 3 is 2.38 bits per heavy atom. The van der Waals surface area contributed by atoms with Gasteiger partial charge in [-0.15, -0.1) is 0 Å². The highest BCUT2D eigenvalue weighted by molar-refractivity contribution is 7.86. The summed E-state index contributed by atoms with van der Waals surface area (Å²) < 4.78 is 29.0. The van der Waals surface area contributed by atoms with Crippen molar-refractivity contribution >= 4 is 10.1 Å². The summed E-state index contributed by atoms with van der Waals surface area (Å²) in [6.07, 6.45) is 9.92. The molecule has 0 atom stereocenters. The molecule has 3 nitrogen and oxygen atoms in total. The first kappa shape index (κ1) is 16.5. The highest BCUT2D eigenvalue weighted by Crippen LogP contribution is 2.29. The maximum absolute atomic E-state index is 12.0. The fourth-order valence-electron chi connectivity index (χ4n) is 2.95. The Morgan fingerprint density at radius 2 is 1.71 bits per heavy atom. The lowest BCUT2D eigenvalue weighted by molar-refractivity contribution is 0.304.